The fourth-order valence-corrected chi connectivity index (χ4v) is 4.90. The summed E-state index contributed by atoms with van der Waals surface area (Å²) in [5.41, 5.74) is 1.23. The van der Waals surface area contributed by atoms with Gasteiger partial charge in [-0.1, -0.05) is 6.92 Å². The highest BCUT2D eigenvalue weighted by atomic mass is 32.1. The van der Waals surface area contributed by atoms with Gasteiger partial charge < -0.3 is 4.90 Å². The van der Waals surface area contributed by atoms with Crippen LogP contribution >= 0.6 is 22.7 Å². The molecule has 4 nitrogen and oxygen atoms in total. The van der Waals surface area contributed by atoms with Crippen LogP contribution in [-0.2, 0) is 12.8 Å². The molecule has 0 saturated heterocycles. The number of amides is 1. The molecule has 3 rings (SSSR count). The number of thiazole rings is 2. The summed E-state index contributed by atoms with van der Waals surface area (Å²) in [7, 11) is 1.89. The van der Waals surface area contributed by atoms with Crippen molar-refractivity contribution >= 4 is 28.6 Å². The topological polar surface area (TPSA) is 46.1 Å². The maximum atomic E-state index is 12.5. The minimum atomic E-state index is 0.0799. The van der Waals surface area contributed by atoms with Crippen LogP contribution in [0.25, 0.3) is 0 Å². The molecule has 2 heterocycles. The molecule has 1 atom stereocenters. The second-order valence-electron chi connectivity index (χ2n) is 5.79. The number of carbonyl (C=O) groups excluding carboxylic acids is 1. The van der Waals surface area contributed by atoms with Crippen LogP contribution in [0.15, 0.2) is 6.20 Å². The summed E-state index contributed by atoms with van der Waals surface area (Å²) >= 11 is 3.31. The van der Waals surface area contributed by atoms with Crippen LogP contribution in [0, 0.1) is 6.92 Å². The predicted molar refractivity (Wildman–Crippen MR) is 91.0 cm³/mol. The van der Waals surface area contributed by atoms with Crippen molar-refractivity contribution in [1.29, 1.82) is 0 Å². The summed E-state index contributed by atoms with van der Waals surface area (Å²) in [6.07, 6.45) is 6.05. The third-order valence-electron chi connectivity index (χ3n) is 4.09. The Morgan fingerprint density at radius 3 is 3.00 bits per heavy atom. The molecule has 0 aromatic carbocycles. The fourth-order valence-electron chi connectivity index (χ4n) is 2.98. The molecular formula is C16H21N3OS2. The molecule has 2 aromatic heterocycles. The first-order valence-electron chi connectivity index (χ1n) is 7.74. The lowest BCUT2D eigenvalue weighted by molar-refractivity contribution is 0.0787. The van der Waals surface area contributed by atoms with Crippen LogP contribution in [0.5, 0.6) is 0 Å². The SMILES string of the molecule is CCc1ncc(C(=O)N(C)C[C@@H]2CCCc3sc(C)nc32)s1. The zero-order valence-corrected chi connectivity index (χ0v) is 14.9. The van der Waals surface area contributed by atoms with Crippen LogP contribution in [0.2, 0.25) is 0 Å². The molecule has 1 aliphatic carbocycles. The van der Waals surface area contributed by atoms with Crippen molar-refractivity contribution in [3.8, 4) is 0 Å². The number of aryl methyl sites for hydroxylation is 3. The molecule has 6 heteroatoms. The maximum absolute atomic E-state index is 12.5. The monoisotopic (exact) mass is 335 g/mol. The van der Waals surface area contributed by atoms with Crippen molar-refractivity contribution in [1.82, 2.24) is 14.9 Å². The van der Waals surface area contributed by atoms with Gasteiger partial charge >= 0.3 is 0 Å². The van der Waals surface area contributed by atoms with Gasteiger partial charge in [-0.3, -0.25) is 4.79 Å². The van der Waals surface area contributed by atoms with E-state index in [1.807, 2.05) is 23.3 Å². The Balaban J connectivity index is 1.71. The quantitative estimate of drug-likeness (QED) is 0.856. The maximum Gasteiger partial charge on any atom is 0.265 e. The second-order valence-corrected chi connectivity index (χ2v) is 8.19. The number of hydrogen-bond donors (Lipinski definition) is 0. The molecule has 0 unspecified atom stereocenters. The van der Waals surface area contributed by atoms with Crippen molar-refractivity contribution in [2.24, 2.45) is 0 Å². The Labute approximate surface area is 139 Å². The van der Waals surface area contributed by atoms with Gasteiger partial charge in [0.2, 0.25) is 0 Å². The van der Waals surface area contributed by atoms with Crippen LogP contribution in [-0.4, -0.2) is 34.4 Å². The number of rotatable bonds is 4. The second kappa shape index (κ2) is 6.46. The smallest absolute Gasteiger partial charge is 0.265 e. The molecule has 0 bridgehead atoms. The molecule has 0 N–H and O–H groups in total. The molecule has 1 aliphatic rings. The minimum absolute atomic E-state index is 0.0799. The summed E-state index contributed by atoms with van der Waals surface area (Å²) in [5.74, 6) is 0.456. The summed E-state index contributed by atoms with van der Waals surface area (Å²) in [4.78, 5) is 25.5. The standard InChI is InChI=1S/C16H21N3OS2/c1-4-14-17-8-13(22-14)16(20)19(3)9-11-6-5-7-12-15(11)18-10(2)21-12/h8,11H,4-7,9H2,1-3H3/t11-/m0/s1. The Hall–Kier alpha value is -1.27. The van der Waals surface area contributed by atoms with Gasteiger partial charge in [0, 0.05) is 24.4 Å². The largest absolute Gasteiger partial charge is 0.340 e. The van der Waals surface area contributed by atoms with Crippen LogP contribution in [0.4, 0.5) is 0 Å². The zero-order valence-electron chi connectivity index (χ0n) is 13.3. The van der Waals surface area contributed by atoms with E-state index in [2.05, 4.69) is 18.8 Å². The molecule has 1 amide bonds. The third kappa shape index (κ3) is 3.08. The molecule has 0 aliphatic heterocycles. The van der Waals surface area contributed by atoms with Gasteiger partial charge in [-0.25, -0.2) is 9.97 Å². The highest BCUT2D eigenvalue weighted by molar-refractivity contribution is 7.13. The van der Waals surface area contributed by atoms with Gasteiger partial charge in [-0.2, -0.15) is 0 Å². The van der Waals surface area contributed by atoms with Crippen LogP contribution < -0.4 is 0 Å². The molecule has 0 saturated carbocycles. The molecule has 118 valence electrons. The molecule has 2 aromatic rings. The Morgan fingerprint density at radius 1 is 1.45 bits per heavy atom. The highest BCUT2D eigenvalue weighted by Crippen LogP contribution is 2.35. The minimum Gasteiger partial charge on any atom is -0.340 e. The van der Waals surface area contributed by atoms with Gasteiger partial charge in [-0.15, -0.1) is 22.7 Å². The Bertz CT molecular complexity index is 677. The van der Waals surface area contributed by atoms with E-state index >= 15 is 0 Å². The normalized spacial score (nSPS) is 17.3. The van der Waals surface area contributed by atoms with E-state index < -0.39 is 0 Å². The first-order chi connectivity index (χ1) is 10.6. The summed E-state index contributed by atoms with van der Waals surface area (Å²) in [5, 5.41) is 2.16. The van der Waals surface area contributed by atoms with E-state index in [1.165, 1.54) is 28.3 Å². The lowest BCUT2D eigenvalue weighted by atomic mass is 9.90. The van der Waals surface area contributed by atoms with Crippen molar-refractivity contribution < 1.29 is 4.79 Å². The summed E-state index contributed by atoms with van der Waals surface area (Å²) < 4.78 is 0. The molecule has 0 fully saturated rings. The molecule has 0 radical (unpaired) electrons. The first-order valence-corrected chi connectivity index (χ1v) is 9.38. The van der Waals surface area contributed by atoms with Gasteiger partial charge in [0.15, 0.2) is 0 Å². The number of likely N-dealkylation sites (N-methyl/N-ethyl adjacent to an activating group) is 1. The van der Waals surface area contributed by atoms with E-state index in [1.54, 1.807) is 6.20 Å². The van der Waals surface area contributed by atoms with E-state index in [0.29, 0.717) is 5.92 Å². The zero-order chi connectivity index (χ0) is 15.7. The van der Waals surface area contributed by atoms with Gasteiger partial charge in [0.1, 0.15) is 4.88 Å². The number of hydrogen-bond acceptors (Lipinski definition) is 5. The highest BCUT2D eigenvalue weighted by Gasteiger charge is 2.27. The fraction of sp³-hybridized carbons (Fsp3) is 0.562. The van der Waals surface area contributed by atoms with E-state index in [-0.39, 0.29) is 5.91 Å². The average molecular weight is 335 g/mol. The lowest BCUT2D eigenvalue weighted by Gasteiger charge is -2.26. The van der Waals surface area contributed by atoms with E-state index in [4.69, 9.17) is 4.98 Å². The van der Waals surface area contributed by atoms with Gasteiger partial charge in [-0.05, 0) is 32.6 Å². The number of nitrogens with zero attached hydrogens (tertiary/aromatic N) is 3. The first kappa shape index (κ1) is 15.6. The van der Waals surface area contributed by atoms with Crippen molar-refractivity contribution in [3.05, 3.63) is 31.7 Å². The van der Waals surface area contributed by atoms with Crippen molar-refractivity contribution in [3.63, 3.8) is 0 Å². The van der Waals surface area contributed by atoms with Crippen LogP contribution in [0.3, 0.4) is 0 Å². The predicted octanol–water partition coefficient (Wildman–Crippen LogP) is 3.66. The average Bonchev–Trinajstić information content (AvgIpc) is 3.12. The Kier molecular flexibility index (Phi) is 4.59. The number of carbonyl (C=O) groups is 1. The Morgan fingerprint density at radius 2 is 2.27 bits per heavy atom. The molecule has 22 heavy (non-hydrogen) atoms. The molecule has 0 spiro atoms. The van der Waals surface area contributed by atoms with Gasteiger partial charge in [0.05, 0.1) is 21.9 Å². The summed E-state index contributed by atoms with van der Waals surface area (Å²) in [6, 6.07) is 0. The number of fused-ring (bicyclic) bond motifs is 1. The van der Waals surface area contributed by atoms with Crippen molar-refractivity contribution in [2.45, 2.75) is 45.4 Å². The summed E-state index contributed by atoms with van der Waals surface area (Å²) in [6.45, 7) is 4.87. The van der Waals surface area contributed by atoms with Crippen molar-refractivity contribution in [2.75, 3.05) is 13.6 Å². The van der Waals surface area contributed by atoms with Crippen LogP contribution in [0.1, 0.15) is 55.9 Å². The van der Waals surface area contributed by atoms with Gasteiger partial charge in [0.25, 0.3) is 5.91 Å². The van der Waals surface area contributed by atoms with E-state index in [9.17, 15) is 4.79 Å². The lowest BCUT2D eigenvalue weighted by Crippen LogP contribution is -2.31. The van der Waals surface area contributed by atoms with E-state index in [0.717, 1.165) is 40.7 Å². The number of aromatic nitrogens is 2. The molecular weight excluding hydrogens is 314 g/mol. The third-order valence-corrected chi connectivity index (χ3v) is 6.26.